The minimum Gasteiger partial charge on any atom is -0.370 e. The number of alkyl halides is 1. The van der Waals surface area contributed by atoms with E-state index in [9.17, 15) is 4.39 Å². The molecule has 0 amide bonds. The Morgan fingerprint density at radius 3 is 2.69 bits per heavy atom. The summed E-state index contributed by atoms with van der Waals surface area (Å²) < 4.78 is 13.9. The molecule has 2 nitrogen and oxygen atoms in total. The number of piperidine rings is 1. The maximum atomic E-state index is 12.9. The molecule has 2 rings (SSSR count). The minimum absolute atomic E-state index is 0.444. The van der Waals surface area contributed by atoms with Crippen LogP contribution in [0.4, 0.5) is 10.1 Å². The molecule has 1 saturated heterocycles. The van der Waals surface area contributed by atoms with Crippen molar-refractivity contribution in [3.05, 3.63) is 28.7 Å². The summed E-state index contributed by atoms with van der Waals surface area (Å²) in [5.74, 6) is 0. The fraction of sp³-hybridized carbons (Fsp3) is 0.500. The summed E-state index contributed by atoms with van der Waals surface area (Å²) in [4.78, 5) is 2.16. The van der Waals surface area contributed by atoms with Gasteiger partial charge in [-0.05, 0) is 37.1 Å². The molecular formula is C12H16BrFN2. The molecule has 88 valence electrons. The van der Waals surface area contributed by atoms with Crippen LogP contribution in [0.1, 0.15) is 12.8 Å². The van der Waals surface area contributed by atoms with Gasteiger partial charge in [-0.3, -0.25) is 0 Å². The monoisotopic (exact) mass is 286 g/mol. The summed E-state index contributed by atoms with van der Waals surface area (Å²) >= 11 is 3.40. The Balaban J connectivity index is 2.12. The lowest BCUT2D eigenvalue weighted by Crippen LogP contribution is -2.56. The minimum atomic E-state index is -0.661. The number of hydrogen-bond acceptors (Lipinski definition) is 2. The van der Waals surface area contributed by atoms with E-state index in [1.807, 2.05) is 24.3 Å². The van der Waals surface area contributed by atoms with Crippen LogP contribution in [0, 0.1) is 0 Å². The lowest BCUT2D eigenvalue weighted by Gasteiger charge is -2.39. The molecule has 1 fully saturated rings. The first kappa shape index (κ1) is 11.9. The maximum Gasteiger partial charge on any atom is 0.109 e. The number of anilines is 1. The SMILES string of the molecule is NC1(CF)CCCN(c2ccc(Br)cc2)C1. The predicted octanol–water partition coefficient (Wildman–Crippen LogP) is 2.72. The molecule has 2 N–H and O–H groups in total. The summed E-state index contributed by atoms with van der Waals surface area (Å²) in [6.45, 7) is 1.12. The summed E-state index contributed by atoms with van der Waals surface area (Å²) in [5.41, 5.74) is 6.45. The zero-order valence-electron chi connectivity index (χ0n) is 9.13. The highest BCUT2D eigenvalue weighted by Crippen LogP contribution is 2.25. The second-order valence-electron chi connectivity index (χ2n) is 4.50. The van der Waals surface area contributed by atoms with Gasteiger partial charge in [0.1, 0.15) is 6.67 Å². The number of nitrogens with two attached hydrogens (primary N) is 1. The molecule has 0 saturated carbocycles. The van der Waals surface area contributed by atoms with Crippen LogP contribution in [0.15, 0.2) is 28.7 Å². The van der Waals surface area contributed by atoms with Crippen LogP contribution in [0.3, 0.4) is 0 Å². The van der Waals surface area contributed by atoms with E-state index < -0.39 is 12.2 Å². The second kappa shape index (κ2) is 4.72. The Labute approximate surface area is 104 Å². The van der Waals surface area contributed by atoms with E-state index in [1.54, 1.807) is 0 Å². The highest BCUT2D eigenvalue weighted by Gasteiger charge is 2.31. The zero-order valence-corrected chi connectivity index (χ0v) is 10.7. The molecule has 1 aromatic carbocycles. The van der Waals surface area contributed by atoms with E-state index in [2.05, 4.69) is 20.8 Å². The van der Waals surface area contributed by atoms with E-state index in [-0.39, 0.29) is 0 Å². The van der Waals surface area contributed by atoms with Crippen molar-refractivity contribution in [2.24, 2.45) is 5.73 Å². The van der Waals surface area contributed by atoms with Gasteiger partial charge in [0.15, 0.2) is 0 Å². The van der Waals surface area contributed by atoms with Crippen molar-refractivity contribution in [1.29, 1.82) is 0 Å². The van der Waals surface area contributed by atoms with Crippen LogP contribution in [-0.2, 0) is 0 Å². The van der Waals surface area contributed by atoms with Gasteiger partial charge < -0.3 is 10.6 Å². The molecule has 0 spiro atoms. The van der Waals surface area contributed by atoms with Gasteiger partial charge in [-0.1, -0.05) is 15.9 Å². The van der Waals surface area contributed by atoms with E-state index in [0.29, 0.717) is 6.54 Å². The highest BCUT2D eigenvalue weighted by atomic mass is 79.9. The van der Waals surface area contributed by atoms with Crippen LogP contribution in [-0.4, -0.2) is 25.3 Å². The van der Waals surface area contributed by atoms with Crippen molar-refractivity contribution in [2.45, 2.75) is 18.4 Å². The summed E-state index contributed by atoms with van der Waals surface area (Å²) in [5, 5.41) is 0. The Morgan fingerprint density at radius 2 is 2.06 bits per heavy atom. The molecule has 0 bridgehead atoms. The highest BCUT2D eigenvalue weighted by molar-refractivity contribution is 9.10. The molecule has 4 heteroatoms. The van der Waals surface area contributed by atoms with Crippen LogP contribution in [0.25, 0.3) is 0 Å². The Bertz CT molecular complexity index is 355. The average molecular weight is 287 g/mol. The topological polar surface area (TPSA) is 29.3 Å². The normalized spacial score (nSPS) is 25.8. The van der Waals surface area contributed by atoms with Crippen molar-refractivity contribution >= 4 is 21.6 Å². The largest absolute Gasteiger partial charge is 0.370 e. The van der Waals surface area contributed by atoms with Crippen LogP contribution < -0.4 is 10.6 Å². The summed E-state index contributed by atoms with van der Waals surface area (Å²) in [7, 11) is 0. The average Bonchev–Trinajstić information content (AvgIpc) is 2.30. The molecular weight excluding hydrogens is 271 g/mol. The Hall–Kier alpha value is -0.610. The van der Waals surface area contributed by atoms with Crippen LogP contribution >= 0.6 is 15.9 Å². The van der Waals surface area contributed by atoms with Gasteiger partial charge >= 0.3 is 0 Å². The standard InChI is InChI=1S/C12H16BrFN2/c13-10-2-4-11(5-3-10)16-7-1-6-12(15,8-14)9-16/h2-5H,1,6-9,15H2. The molecule has 1 aliphatic heterocycles. The van der Waals surface area contributed by atoms with Crippen LogP contribution in [0.5, 0.6) is 0 Å². The first-order valence-corrected chi connectivity index (χ1v) is 6.28. The first-order valence-electron chi connectivity index (χ1n) is 5.48. The molecule has 16 heavy (non-hydrogen) atoms. The third-order valence-corrected chi connectivity index (χ3v) is 3.60. The molecule has 1 atom stereocenters. The van der Waals surface area contributed by atoms with E-state index in [1.165, 1.54) is 0 Å². The van der Waals surface area contributed by atoms with Crippen molar-refractivity contribution in [2.75, 3.05) is 24.7 Å². The maximum absolute atomic E-state index is 12.9. The van der Waals surface area contributed by atoms with Crippen molar-refractivity contribution < 1.29 is 4.39 Å². The molecule has 0 radical (unpaired) electrons. The van der Waals surface area contributed by atoms with Gasteiger partial charge in [0.25, 0.3) is 0 Å². The van der Waals surface area contributed by atoms with Gasteiger partial charge in [0.2, 0.25) is 0 Å². The second-order valence-corrected chi connectivity index (χ2v) is 5.41. The van der Waals surface area contributed by atoms with Gasteiger partial charge in [0, 0.05) is 23.2 Å². The van der Waals surface area contributed by atoms with E-state index in [0.717, 1.165) is 29.5 Å². The molecule has 1 aliphatic rings. The first-order chi connectivity index (χ1) is 7.63. The third-order valence-electron chi connectivity index (χ3n) is 3.07. The number of rotatable bonds is 2. The summed E-state index contributed by atoms with van der Waals surface area (Å²) in [6, 6.07) is 8.07. The number of hydrogen-bond donors (Lipinski definition) is 1. The van der Waals surface area contributed by atoms with Gasteiger partial charge in [-0.15, -0.1) is 0 Å². The molecule has 0 aliphatic carbocycles. The number of benzene rings is 1. The summed E-state index contributed by atoms with van der Waals surface area (Å²) in [6.07, 6.45) is 1.73. The molecule has 1 aromatic rings. The van der Waals surface area contributed by atoms with Crippen LogP contribution in [0.2, 0.25) is 0 Å². The zero-order chi connectivity index (χ0) is 11.6. The van der Waals surface area contributed by atoms with E-state index >= 15 is 0 Å². The van der Waals surface area contributed by atoms with Crippen molar-refractivity contribution in [1.82, 2.24) is 0 Å². The Morgan fingerprint density at radius 1 is 1.38 bits per heavy atom. The quantitative estimate of drug-likeness (QED) is 0.906. The number of halogens is 2. The fourth-order valence-electron chi connectivity index (χ4n) is 2.14. The lowest BCUT2D eigenvalue weighted by molar-refractivity contribution is 0.264. The van der Waals surface area contributed by atoms with Gasteiger partial charge in [-0.25, -0.2) is 4.39 Å². The molecule has 0 aromatic heterocycles. The third kappa shape index (κ3) is 2.55. The smallest absolute Gasteiger partial charge is 0.109 e. The van der Waals surface area contributed by atoms with Crippen molar-refractivity contribution in [3.8, 4) is 0 Å². The fourth-order valence-corrected chi connectivity index (χ4v) is 2.41. The predicted molar refractivity (Wildman–Crippen MR) is 68.5 cm³/mol. The Kier molecular flexibility index (Phi) is 3.50. The van der Waals surface area contributed by atoms with E-state index in [4.69, 9.17) is 5.73 Å². The van der Waals surface area contributed by atoms with Gasteiger partial charge in [0.05, 0.1) is 5.54 Å². The number of nitrogens with zero attached hydrogens (tertiary/aromatic N) is 1. The lowest BCUT2D eigenvalue weighted by atomic mass is 9.91. The van der Waals surface area contributed by atoms with Crippen molar-refractivity contribution in [3.63, 3.8) is 0 Å². The molecule has 1 unspecified atom stereocenters. The molecule has 1 heterocycles. The van der Waals surface area contributed by atoms with Gasteiger partial charge in [-0.2, -0.15) is 0 Å².